The first-order chi connectivity index (χ1) is 11.7. The monoisotopic (exact) mass is 325 g/mol. The summed E-state index contributed by atoms with van der Waals surface area (Å²) in [6, 6.07) is 16.4. The summed E-state index contributed by atoms with van der Waals surface area (Å²) in [5.74, 6) is 0.606. The lowest BCUT2D eigenvalue weighted by Crippen LogP contribution is -2.23. The third kappa shape index (κ3) is 3.60. The maximum atomic E-state index is 11.7. The van der Waals surface area contributed by atoms with Crippen molar-refractivity contribution in [1.29, 1.82) is 0 Å². The first kappa shape index (κ1) is 16.5. The minimum absolute atomic E-state index is 0.289. The number of likely N-dealkylation sites (tertiary alicyclic amines) is 1. The molecule has 0 saturated carbocycles. The summed E-state index contributed by atoms with van der Waals surface area (Å²) in [6.07, 6.45) is 2.32. The molecule has 1 aliphatic heterocycles. The summed E-state index contributed by atoms with van der Waals surface area (Å²) in [5, 5.41) is 0. The van der Waals surface area contributed by atoms with Crippen molar-refractivity contribution < 1.29 is 14.3 Å². The lowest BCUT2D eigenvalue weighted by Gasteiger charge is -2.25. The van der Waals surface area contributed by atoms with E-state index >= 15 is 0 Å². The van der Waals surface area contributed by atoms with E-state index in [1.54, 1.807) is 13.2 Å². The molecule has 0 bridgehead atoms. The van der Waals surface area contributed by atoms with Gasteiger partial charge in [0.2, 0.25) is 0 Å². The van der Waals surface area contributed by atoms with Gasteiger partial charge in [-0.1, -0.05) is 24.3 Å². The number of benzene rings is 2. The Hall–Kier alpha value is -2.33. The molecule has 1 fully saturated rings. The standard InChI is InChI=1S/C20H23NO3/c1-23-18-9-4-7-16(13-18)19-10-5-11-21(19)14-15-6-3-8-17(12-15)20(22)24-2/h3-4,6-9,12-13,19H,5,10-11,14H2,1-2H3/t19-/m1/s1. The molecule has 4 heteroatoms. The average Bonchev–Trinajstić information content (AvgIpc) is 3.09. The van der Waals surface area contributed by atoms with Crippen molar-refractivity contribution in [2.24, 2.45) is 0 Å². The highest BCUT2D eigenvalue weighted by Gasteiger charge is 2.26. The molecule has 2 aromatic rings. The molecule has 0 unspecified atom stereocenters. The molecule has 1 saturated heterocycles. The van der Waals surface area contributed by atoms with E-state index in [0.717, 1.165) is 30.8 Å². The van der Waals surface area contributed by atoms with Crippen LogP contribution in [0, 0.1) is 0 Å². The number of carbonyl (C=O) groups is 1. The molecule has 0 spiro atoms. The third-order valence-electron chi connectivity index (χ3n) is 4.58. The van der Waals surface area contributed by atoms with E-state index in [4.69, 9.17) is 9.47 Å². The highest BCUT2D eigenvalue weighted by atomic mass is 16.5. The van der Waals surface area contributed by atoms with Crippen molar-refractivity contribution in [3.8, 4) is 5.75 Å². The van der Waals surface area contributed by atoms with Crippen LogP contribution in [0.5, 0.6) is 5.75 Å². The lowest BCUT2D eigenvalue weighted by molar-refractivity contribution is 0.0600. The van der Waals surface area contributed by atoms with Crippen molar-refractivity contribution >= 4 is 5.97 Å². The van der Waals surface area contributed by atoms with Crippen LogP contribution in [-0.4, -0.2) is 31.6 Å². The Morgan fingerprint density at radius 1 is 1.17 bits per heavy atom. The zero-order valence-electron chi connectivity index (χ0n) is 14.2. The van der Waals surface area contributed by atoms with Gasteiger partial charge in [0.15, 0.2) is 0 Å². The SMILES string of the molecule is COC(=O)c1cccc(CN2CCC[C@@H]2c2cccc(OC)c2)c1. The zero-order valence-corrected chi connectivity index (χ0v) is 14.2. The van der Waals surface area contributed by atoms with E-state index in [9.17, 15) is 4.79 Å². The molecular formula is C20H23NO3. The normalized spacial score (nSPS) is 17.7. The second-order valence-corrected chi connectivity index (χ2v) is 6.10. The maximum absolute atomic E-state index is 11.7. The molecule has 24 heavy (non-hydrogen) atoms. The Morgan fingerprint density at radius 3 is 2.79 bits per heavy atom. The number of hydrogen-bond donors (Lipinski definition) is 0. The number of carbonyl (C=O) groups excluding carboxylic acids is 1. The van der Waals surface area contributed by atoms with Crippen LogP contribution in [0.1, 0.15) is 40.4 Å². The number of nitrogens with zero attached hydrogens (tertiary/aromatic N) is 1. The van der Waals surface area contributed by atoms with Gasteiger partial charge < -0.3 is 9.47 Å². The fourth-order valence-electron chi connectivity index (χ4n) is 3.39. The summed E-state index contributed by atoms with van der Waals surface area (Å²) in [7, 11) is 3.11. The van der Waals surface area contributed by atoms with Gasteiger partial charge in [-0.2, -0.15) is 0 Å². The van der Waals surface area contributed by atoms with E-state index < -0.39 is 0 Å². The second kappa shape index (κ2) is 7.49. The van der Waals surface area contributed by atoms with Crippen LogP contribution in [0.15, 0.2) is 48.5 Å². The molecule has 0 aliphatic carbocycles. The summed E-state index contributed by atoms with van der Waals surface area (Å²) >= 11 is 0. The Labute approximate surface area is 143 Å². The predicted molar refractivity (Wildman–Crippen MR) is 93.2 cm³/mol. The number of methoxy groups -OCH3 is 2. The molecule has 0 amide bonds. The van der Waals surface area contributed by atoms with Crippen LogP contribution in [-0.2, 0) is 11.3 Å². The lowest BCUT2D eigenvalue weighted by atomic mass is 10.0. The Kier molecular flexibility index (Phi) is 5.16. The van der Waals surface area contributed by atoms with Gasteiger partial charge in [-0.05, 0) is 54.8 Å². The fourth-order valence-corrected chi connectivity index (χ4v) is 3.39. The van der Waals surface area contributed by atoms with Crippen molar-refractivity contribution in [3.05, 3.63) is 65.2 Å². The van der Waals surface area contributed by atoms with Crippen molar-refractivity contribution in [2.45, 2.75) is 25.4 Å². The summed E-state index contributed by atoms with van der Waals surface area (Å²) in [4.78, 5) is 14.2. The largest absolute Gasteiger partial charge is 0.497 e. The van der Waals surface area contributed by atoms with Crippen LogP contribution in [0.4, 0.5) is 0 Å². The van der Waals surface area contributed by atoms with E-state index in [-0.39, 0.29) is 5.97 Å². The molecule has 2 aromatic carbocycles. The van der Waals surface area contributed by atoms with Gasteiger partial charge in [0.1, 0.15) is 5.75 Å². The first-order valence-electron chi connectivity index (χ1n) is 8.26. The number of ether oxygens (including phenoxy) is 2. The van der Waals surface area contributed by atoms with Gasteiger partial charge >= 0.3 is 5.97 Å². The topological polar surface area (TPSA) is 38.8 Å². The summed E-state index contributed by atoms with van der Waals surface area (Å²) in [5.41, 5.74) is 3.02. The minimum atomic E-state index is -0.289. The smallest absolute Gasteiger partial charge is 0.337 e. The van der Waals surface area contributed by atoms with Gasteiger partial charge in [-0.25, -0.2) is 4.79 Å². The van der Waals surface area contributed by atoms with Crippen molar-refractivity contribution in [2.75, 3.05) is 20.8 Å². The molecule has 1 heterocycles. The predicted octanol–water partition coefficient (Wildman–Crippen LogP) is 3.82. The highest BCUT2D eigenvalue weighted by Crippen LogP contribution is 2.34. The van der Waals surface area contributed by atoms with E-state index in [1.807, 2.05) is 24.3 Å². The molecule has 0 N–H and O–H groups in total. The molecule has 3 rings (SSSR count). The van der Waals surface area contributed by atoms with Crippen molar-refractivity contribution in [1.82, 2.24) is 4.90 Å². The zero-order chi connectivity index (χ0) is 16.9. The minimum Gasteiger partial charge on any atom is -0.497 e. The molecule has 126 valence electrons. The van der Waals surface area contributed by atoms with Crippen molar-refractivity contribution in [3.63, 3.8) is 0 Å². The van der Waals surface area contributed by atoms with Gasteiger partial charge in [-0.3, -0.25) is 4.90 Å². The van der Waals surface area contributed by atoms with Crippen LogP contribution in [0.3, 0.4) is 0 Å². The van der Waals surface area contributed by atoms with Gasteiger partial charge in [0, 0.05) is 12.6 Å². The first-order valence-corrected chi connectivity index (χ1v) is 8.26. The number of esters is 1. The number of rotatable bonds is 5. The summed E-state index contributed by atoms with van der Waals surface area (Å²) < 4.78 is 10.2. The van der Waals surface area contributed by atoms with Crippen LogP contribution in [0.2, 0.25) is 0 Å². The molecule has 0 radical (unpaired) electrons. The van der Waals surface area contributed by atoms with Gasteiger partial charge in [0.25, 0.3) is 0 Å². The fraction of sp³-hybridized carbons (Fsp3) is 0.350. The molecule has 1 aliphatic rings. The third-order valence-corrected chi connectivity index (χ3v) is 4.58. The quantitative estimate of drug-likeness (QED) is 0.784. The van der Waals surface area contributed by atoms with E-state index in [2.05, 4.69) is 23.1 Å². The van der Waals surface area contributed by atoms with Crippen LogP contribution in [0.25, 0.3) is 0 Å². The molecular weight excluding hydrogens is 302 g/mol. The van der Waals surface area contributed by atoms with Gasteiger partial charge in [0.05, 0.1) is 19.8 Å². The highest BCUT2D eigenvalue weighted by molar-refractivity contribution is 5.89. The maximum Gasteiger partial charge on any atom is 0.337 e. The number of hydrogen-bond acceptors (Lipinski definition) is 4. The van der Waals surface area contributed by atoms with Gasteiger partial charge in [-0.15, -0.1) is 0 Å². The molecule has 1 atom stereocenters. The van der Waals surface area contributed by atoms with Crippen LogP contribution < -0.4 is 4.74 Å². The average molecular weight is 325 g/mol. The second-order valence-electron chi connectivity index (χ2n) is 6.10. The Morgan fingerprint density at radius 2 is 2.00 bits per heavy atom. The van der Waals surface area contributed by atoms with Crippen LogP contribution >= 0.6 is 0 Å². The van der Waals surface area contributed by atoms with E-state index in [1.165, 1.54) is 19.1 Å². The van der Waals surface area contributed by atoms with E-state index in [0.29, 0.717) is 11.6 Å². The molecule has 0 aromatic heterocycles. The summed E-state index contributed by atoms with van der Waals surface area (Å²) in [6.45, 7) is 1.89. The molecule has 4 nitrogen and oxygen atoms in total. The Bertz CT molecular complexity index is 714. The Balaban J connectivity index is 1.77.